The van der Waals surface area contributed by atoms with Crippen molar-refractivity contribution in [3.8, 4) is 12.3 Å². The summed E-state index contributed by atoms with van der Waals surface area (Å²) in [5, 5.41) is 0. The highest BCUT2D eigenvalue weighted by molar-refractivity contribution is 5.48. The first-order chi connectivity index (χ1) is 10.6. The maximum absolute atomic E-state index is 13.8. The highest BCUT2D eigenvalue weighted by atomic mass is 19.1. The molecule has 0 fully saturated rings. The van der Waals surface area contributed by atoms with Gasteiger partial charge in [0, 0.05) is 5.56 Å². The Morgan fingerprint density at radius 1 is 0.955 bits per heavy atom. The standard InChI is InChI=1S/C19H15FO2/c1-4-14-7-8-15(20)11-16(14)19(17-9-5-12(2)21-17)18-10-6-13(3)22-18/h1,5-11,19H,2-3H3. The molecule has 3 aromatic rings. The predicted molar refractivity (Wildman–Crippen MR) is 82.2 cm³/mol. The molecule has 0 atom stereocenters. The predicted octanol–water partition coefficient (Wildman–Crippen LogP) is 4.79. The summed E-state index contributed by atoms with van der Waals surface area (Å²) >= 11 is 0. The molecule has 0 aliphatic rings. The molecule has 0 unspecified atom stereocenters. The van der Waals surface area contributed by atoms with Crippen molar-refractivity contribution in [2.24, 2.45) is 0 Å². The van der Waals surface area contributed by atoms with E-state index < -0.39 is 0 Å². The van der Waals surface area contributed by atoms with Crippen molar-refractivity contribution in [2.45, 2.75) is 19.8 Å². The van der Waals surface area contributed by atoms with Gasteiger partial charge in [-0.2, -0.15) is 0 Å². The van der Waals surface area contributed by atoms with Crippen LogP contribution in [-0.2, 0) is 0 Å². The average Bonchev–Trinajstić information content (AvgIpc) is 3.09. The highest BCUT2D eigenvalue weighted by Crippen LogP contribution is 2.36. The van der Waals surface area contributed by atoms with E-state index in [1.807, 2.05) is 38.1 Å². The van der Waals surface area contributed by atoms with Gasteiger partial charge in [0.1, 0.15) is 34.8 Å². The first-order valence-corrected chi connectivity index (χ1v) is 6.97. The van der Waals surface area contributed by atoms with Gasteiger partial charge in [0.15, 0.2) is 0 Å². The van der Waals surface area contributed by atoms with E-state index in [9.17, 15) is 4.39 Å². The smallest absolute Gasteiger partial charge is 0.123 e. The Morgan fingerprint density at radius 3 is 2.00 bits per heavy atom. The van der Waals surface area contributed by atoms with Crippen molar-refractivity contribution in [3.63, 3.8) is 0 Å². The molecule has 0 N–H and O–H groups in total. The first-order valence-electron chi connectivity index (χ1n) is 6.97. The molecular weight excluding hydrogens is 279 g/mol. The Morgan fingerprint density at radius 2 is 1.55 bits per heavy atom. The highest BCUT2D eigenvalue weighted by Gasteiger charge is 2.25. The van der Waals surface area contributed by atoms with E-state index in [1.54, 1.807) is 6.07 Å². The molecule has 0 saturated heterocycles. The third-order valence-corrected chi connectivity index (χ3v) is 3.57. The van der Waals surface area contributed by atoms with Crippen LogP contribution < -0.4 is 0 Å². The number of terminal acetylenes is 1. The molecule has 0 amide bonds. The maximum atomic E-state index is 13.8. The molecule has 1 aromatic carbocycles. The molecule has 0 spiro atoms. The van der Waals surface area contributed by atoms with Gasteiger partial charge in [-0.15, -0.1) is 6.42 Å². The number of hydrogen-bond acceptors (Lipinski definition) is 2. The van der Waals surface area contributed by atoms with Gasteiger partial charge in [-0.1, -0.05) is 5.92 Å². The van der Waals surface area contributed by atoms with E-state index in [0.717, 1.165) is 11.5 Å². The third kappa shape index (κ3) is 2.56. The fourth-order valence-corrected chi connectivity index (χ4v) is 2.57. The molecule has 3 rings (SSSR count). The number of halogens is 1. The summed E-state index contributed by atoms with van der Waals surface area (Å²) in [6.07, 6.45) is 5.57. The Bertz CT molecular complexity index is 808. The fourth-order valence-electron chi connectivity index (χ4n) is 2.57. The van der Waals surface area contributed by atoms with Gasteiger partial charge >= 0.3 is 0 Å². The van der Waals surface area contributed by atoms with Gasteiger partial charge < -0.3 is 8.83 Å². The van der Waals surface area contributed by atoms with Crippen LogP contribution in [0.5, 0.6) is 0 Å². The van der Waals surface area contributed by atoms with E-state index in [-0.39, 0.29) is 11.7 Å². The summed E-state index contributed by atoms with van der Waals surface area (Å²) in [6.45, 7) is 3.73. The van der Waals surface area contributed by atoms with Crippen molar-refractivity contribution in [1.82, 2.24) is 0 Å². The molecule has 0 saturated carbocycles. The monoisotopic (exact) mass is 294 g/mol. The summed E-state index contributed by atoms with van der Waals surface area (Å²) in [7, 11) is 0. The lowest BCUT2D eigenvalue weighted by molar-refractivity contribution is 0.427. The summed E-state index contributed by atoms with van der Waals surface area (Å²) in [6, 6.07) is 11.9. The summed E-state index contributed by atoms with van der Waals surface area (Å²) in [4.78, 5) is 0. The zero-order chi connectivity index (χ0) is 15.7. The number of furan rings is 2. The zero-order valence-corrected chi connectivity index (χ0v) is 12.4. The Balaban J connectivity index is 2.22. The molecule has 22 heavy (non-hydrogen) atoms. The van der Waals surface area contributed by atoms with Crippen LogP contribution in [0.3, 0.4) is 0 Å². The van der Waals surface area contributed by atoms with E-state index in [0.29, 0.717) is 22.6 Å². The summed E-state index contributed by atoms with van der Waals surface area (Å²) in [5.74, 6) is 4.80. The second kappa shape index (κ2) is 5.57. The van der Waals surface area contributed by atoms with Crippen molar-refractivity contribution in [2.75, 3.05) is 0 Å². The van der Waals surface area contributed by atoms with E-state index in [2.05, 4.69) is 5.92 Å². The summed E-state index contributed by atoms with van der Waals surface area (Å²) < 4.78 is 25.3. The number of hydrogen-bond donors (Lipinski definition) is 0. The topological polar surface area (TPSA) is 26.3 Å². The first kappa shape index (κ1) is 14.2. The second-order valence-corrected chi connectivity index (χ2v) is 5.21. The van der Waals surface area contributed by atoms with Crippen molar-refractivity contribution >= 4 is 0 Å². The lowest BCUT2D eigenvalue weighted by Crippen LogP contribution is -2.04. The van der Waals surface area contributed by atoms with Crippen molar-refractivity contribution in [3.05, 3.63) is 82.4 Å². The fraction of sp³-hybridized carbons (Fsp3) is 0.158. The van der Waals surface area contributed by atoms with Crippen LogP contribution in [0.2, 0.25) is 0 Å². The Hall–Kier alpha value is -2.73. The van der Waals surface area contributed by atoms with Gasteiger partial charge in [-0.3, -0.25) is 0 Å². The lowest BCUT2D eigenvalue weighted by atomic mass is 9.90. The van der Waals surface area contributed by atoms with Crippen LogP contribution in [0.1, 0.15) is 40.1 Å². The molecular formula is C19H15FO2. The molecule has 0 radical (unpaired) electrons. The third-order valence-electron chi connectivity index (χ3n) is 3.57. The van der Waals surface area contributed by atoms with Crippen molar-refractivity contribution in [1.29, 1.82) is 0 Å². The number of aryl methyl sites for hydroxylation is 2. The number of rotatable bonds is 3. The molecule has 2 heterocycles. The van der Waals surface area contributed by atoms with Crippen LogP contribution in [0, 0.1) is 32.0 Å². The van der Waals surface area contributed by atoms with E-state index in [4.69, 9.17) is 15.3 Å². The summed E-state index contributed by atoms with van der Waals surface area (Å²) in [5.41, 5.74) is 1.28. The molecule has 2 nitrogen and oxygen atoms in total. The minimum atomic E-state index is -0.371. The van der Waals surface area contributed by atoms with Gasteiger partial charge in [-0.25, -0.2) is 4.39 Å². The van der Waals surface area contributed by atoms with E-state index in [1.165, 1.54) is 12.1 Å². The van der Waals surface area contributed by atoms with Crippen LogP contribution in [0.4, 0.5) is 4.39 Å². The van der Waals surface area contributed by atoms with Gasteiger partial charge in [0.05, 0.1) is 0 Å². The minimum absolute atomic E-state index is 0.342. The van der Waals surface area contributed by atoms with Crippen LogP contribution in [0.15, 0.2) is 51.3 Å². The van der Waals surface area contributed by atoms with Crippen molar-refractivity contribution < 1.29 is 13.2 Å². The second-order valence-electron chi connectivity index (χ2n) is 5.21. The normalized spacial score (nSPS) is 10.9. The van der Waals surface area contributed by atoms with Crippen LogP contribution in [0.25, 0.3) is 0 Å². The van der Waals surface area contributed by atoms with Gasteiger partial charge in [0.2, 0.25) is 0 Å². The van der Waals surface area contributed by atoms with E-state index >= 15 is 0 Å². The lowest BCUT2D eigenvalue weighted by Gasteiger charge is -2.15. The quantitative estimate of drug-likeness (QED) is 0.649. The minimum Gasteiger partial charge on any atom is -0.465 e. The zero-order valence-electron chi connectivity index (χ0n) is 12.4. The average molecular weight is 294 g/mol. The Kier molecular flexibility index (Phi) is 3.60. The number of benzene rings is 1. The molecule has 0 bridgehead atoms. The van der Waals surface area contributed by atoms with Crippen LogP contribution in [-0.4, -0.2) is 0 Å². The molecule has 3 heteroatoms. The largest absolute Gasteiger partial charge is 0.465 e. The SMILES string of the molecule is C#Cc1ccc(F)cc1C(c1ccc(C)o1)c1ccc(C)o1. The van der Waals surface area contributed by atoms with Gasteiger partial charge in [-0.05, 0) is 61.9 Å². The molecule has 110 valence electrons. The maximum Gasteiger partial charge on any atom is 0.123 e. The van der Waals surface area contributed by atoms with Gasteiger partial charge in [0.25, 0.3) is 0 Å². The molecule has 0 aliphatic heterocycles. The molecule has 2 aromatic heterocycles. The van der Waals surface area contributed by atoms with Crippen LogP contribution >= 0.6 is 0 Å². The Labute approximate surface area is 128 Å². The molecule has 0 aliphatic carbocycles.